The standard InChI is InChI=1S/C12H21BrN4/c1-9(2)8-14-7-5-6-10(3)11-12(13)15-16-17(11)4/h6,9,14H,5,7-8H2,1-4H3/b10-6-. The molecule has 0 saturated heterocycles. The summed E-state index contributed by atoms with van der Waals surface area (Å²) >= 11 is 3.41. The first-order chi connectivity index (χ1) is 8.02. The molecule has 17 heavy (non-hydrogen) atoms. The Morgan fingerprint density at radius 3 is 2.76 bits per heavy atom. The SMILES string of the molecule is C/C(=C/CCNCC(C)C)c1c(Br)nnn1C. The Kier molecular flexibility index (Phi) is 5.85. The van der Waals surface area contributed by atoms with Crippen molar-refractivity contribution in [2.24, 2.45) is 13.0 Å². The fourth-order valence-electron chi connectivity index (χ4n) is 1.63. The van der Waals surface area contributed by atoms with Gasteiger partial charge in [0.2, 0.25) is 0 Å². The molecule has 1 rings (SSSR count). The highest BCUT2D eigenvalue weighted by atomic mass is 79.9. The van der Waals surface area contributed by atoms with Crippen molar-refractivity contribution in [3.05, 3.63) is 16.4 Å². The van der Waals surface area contributed by atoms with Crippen LogP contribution in [0.1, 0.15) is 32.9 Å². The van der Waals surface area contributed by atoms with E-state index in [0.717, 1.165) is 29.8 Å². The lowest BCUT2D eigenvalue weighted by atomic mass is 10.2. The summed E-state index contributed by atoms with van der Waals surface area (Å²) in [6.45, 7) is 8.60. The minimum atomic E-state index is 0.704. The molecule has 0 radical (unpaired) electrons. The van der Waals surface area contributed by atoms with Gasteiger partial charge in [-0.15, -0.1) is 5.10 Å². The highest BCUT2D eigenvalue weighted by Gasteiger charge is 2.08. The van der Waals surface area contributed by atoms with Crippen molar-refractivity contribution in [1.82, 2.24) is 20.3 Å². The molecule has 0 bridgehead atoms. The van der Waals surface area contributed by atoms with E-state index < -0.39 is 0 Å². The van der Waals surface area contributed by atoms with Gasteiger partial charge in [-0.05, 0) is 53.9 Å². The minimum Gasteiger partial charge on any atom is -0.316 e. The largest absolute Gasteiger partial charge is 0.316 e. The average molecular weight is 301 g/mol. The summed E-state index contributed by atoms with van der Waals surface area (Å²) in [6.07, 6.45) is 3.24. The molecule has 4 nitrogen and oxygen atoms in total. The van der Waals surface area contributed by atoms with Gasteiger partial charge in [0, 0.05) is 7.05 Å². The van der Waals surface area contributed by atoms with Crippen LogP contribution in [0.4, 0.5) is 0 Å². The lowest BCUT2D eigenvalue weighted by Crippen LogP contribution is -2.20. The molecule has 1 heterocycles. The molecule has 0 unspecified atom stereocenters. The molecule has 96 valence electrons. The summed E-state index contributed by atoms with van der Waals surface area (Å²) in [4.78, 5) is 0. The number of halogens is 1. The fourth-order valence-corrected chi connectivity index (χ4v) is 2.27. The predicted molar refractivity (Wildman–Crippen MR) is 74.7 cm³/mol. The molecule has 5 heteroatoms. The van der Waals surface area contributed by atoms with Crippen LogP contribution in [-0.4, -0.2) is 28.1 Å². The Morgan fingerprint density at radius 2 is 2.24 bits per heavy atom. The number of aromatic nitrogens is 3. The first-order valence-corrected chi connectivity index (χ1v) is 6.74. The van der Waals surface area contributed by atoms with E-state index in [1.807, 2.05) is 7.05 Å². The van der Waals surface area contributed by atoms with Crippen molar-refractivity contribution in [3.8, 4) is 0 Å². The van der Waals surface area contributed by atoms with Crippen molar-refractivity contribution >= 4 is 21.5 Å². The van der Waals surface area contributed by atoms with Crippen LogP contribution in [0.5, 0.6) is 0 Å². The van der Waals surface area contributed by atoms with Crippen molar-refractivity contribution in [2.75, 3.05) is 13.1 Å². The number of hydrogen-bond donors (Lipinski definition) is 1. The number of hydrogen-bond acceptors (Lipinski definition) is 3. The number of allylic oxidation sites excluding steroid dienone is 1. The normalized spacial score (nSPS) is 12.5. The van der Waals surface area contributed by atoms with E-state index in [1.54, 1.807) is 4.68 Å². The summed E-state index contributed by atoms with van der Waals surface area (Å²) < 4.78 is 2.60. The zero-order valence-electron chi connectivity index (χ0n) is 11.0. The zero-order valence-corrected chi connectivity index (χ0v) is 12.6. The lowest BCUT2D eigenvalue weighted by Gasteiger charge is -2.06. The second kappa shape index (κ2) is 6.91. The number of nitrogens with zero attached hydrogens (tertiary/aromatic N) is 3. The first kappa shape index (κ1) is 14.4. The van der Waals surface area contributed by atoms with Crippen molar-refractivity contribution in [2.45, 2.75) is 27.2 Å². The molecule has 0 saturated carbocycles. The molecule has 0 spiro atoms. The highest BCUT2D eigenvalue weighted by Crippen LogP contribution is 2.20. The summed E-state index contributed by atoms with van der Waals surface area (Å²) in [5.74, 6) is 0.704. The quantitative estimate of drug-likeness (QED) is 0.821. The van der Waals surface area contributed by atoms with Gasteiger partial charge in [-0.25, -0.2) is 4.68 Å². The minimum absolute atomic E-state index is 0.704. The van der Waals surface area contributed by atoms with Crippen LogP contribution < -0.4 is 5.32 Å². The molecular formula is C12H21BrN4. The molecular weight excluding hydrogens is 280 g/mol. The lowest BCUT2D eigenvalue weighted by molar-refractivity contribution is 0.557. The van der Waals surface area contributed by atoms with E-state index in [9.17, 15) is 0 Å². The second-order valence-corrected chi connectivity index (χ2v) is 5.38. The van der Waals surface area contributed by atoms with Gasteiger partial charge in [-0.2, -0.15) is 0 Å². The highest BCUT2D eigenvalue weighted by molar-refractivity contribution is 9.10. The topological polar surface area (TPSA) is 42.7 Å². The van der Waals surface area contributed by atoms with E-state index in [2.05, 4.69) is 58.4 Å². The Morgan fingerprint density at radius 1 is 1.53 bits per heavy atom. The summed E-state index contributed by atoms with van der Waals surface area (Å²) in [5.41, 5.74) is 2.25. The van der Waals surface area contributed by atoms with Crippen molar-refractivity contribution < 1.29 is 0 Å². The van der Waals surface area contributed by atoms with Gasteiger partial charge in [0.1, 0.15) is 0 Å². The molecule has 0 aliphatic rings. The molecule has 0 fully saturated rings. The van der Waals surface area contributed by atoms with Crippen LogP contribution in [0.25, 0.3) is 5.57 Å². The maximum Gasteiger partial charge on any atom is 0.155 e. The predicted octanol–water partition coefficient (Wildman–Crippen LogP) is 2.62. The van der Waals surface area contributed by atoms with Crippen LogP contribution in [0.3, 0.4) is 0 Å². The number of nitrogens with one attached hydrogen (secondary N) is 1. The monoisotopic (exact) mass is 300 g/mol. The van der Waals surface area contributed by atoms with Crippen LogP contribution in [0.2, 0.25) is 0 Å². The van der Waals surface area contributed by atoms with Gasteiger partial charge < -0.3 is 5.32 Å². The van der Waals surface area contributed by atoms with Gasteiger partial charge in [0.25, 0.3) is 0 Å². The van der Waals surface area contributed by atoms with Crippen LogP contribution in [-0.2, 0) is 7.05 Å². The smallest absolute Gasteiger partial charge is 0.155 e. The van der Waals surface area contributed by atoms with Gasteiger partial charge in [0.15, 0.2) is 4.60 Å². The van der Waals surface area contributed by atoms with Gasteiger partial charge in [0.05, 0.1) is 5.69 Å². The fraction of sp³-hybridized carbons (Fsp3) is 0.667. The second-order valence-electron chi connectivity index (χ2n) is 4.63. The van der Waals surface area contributed by atoms with Crippen LogP contribution in [0.15, 0.2) is 10.7 Å². The third-order valence-corrected chi connectivity index (χ3v) is 3.02. The summed E-state index contributed by atoms with van der Waals surface area (Å²) in [7, 11) is 1.90. The maximum absolute atomic E-state index is 3.98. The molecule has 0 aromatic carbocycles. The summed E-state index contributed by atoms with van der Waals surface area (Å²) in [6, 6.07) is 0. The van der Waals surface area contributed by atoms with Crippen molar-refractivity contribution in [1.29, 1.82) is 0 Å². The Bertz CT molecular complexity index is 362. The van der Waals surface area contributed by atoms with Gasteiger partial charge in [-0.1, -0.05) is 25.1 Å². The van der Waals surface area contributed by atoms with Gasteiger partial charge >= 0.3 is 0 Å². The van der Waals surface area contributed by atoms with E-state index in [-0.39, 0.29) is 0 Å². The van der Waals surface area contributed by atoms with Crippen LogP contribution >= 0.6 is 15.9 Å². The molecule has 0 atom stereocenters. The molecule has 0 aliphatic carbocycles. The molecule has 1 aromatic rings. The Balaban J connectivity index is 2.45. The first-order valence-electron chi connectivity index (χ1n) is 5.95. The van der Waals surface area contributed by atoms with Crippen molar-refractivity contribution in [3.63, 3.8) is 0 Å². The molecule has 0 amide bonds. The van der Waals surface area contributed by atoms with Gasteiger partial charge in [-0.3, -0.25) is 0 Å². The van der Waals surface area contributed by atoms with Crippen LogP contribution in [0, 0.1) is 5.92 Å². The summed E-state index contributed by atoms with van der Waals surface area (Å²) in [5, 5.41) is 11.4. The van der Waals surface area contributed by atoms with E-state index in [0.29, 0.717) is 5.92 Å². The third-order valence-electron chi connectivity index (χ3n) is 2.48. The number of rotatable bonds is 6. The third kappa shape index (κ3) is 4.60. The van der Waals surface area contributed by atoms with E-state index in [4.69, 9.17) is 0 Å². The molecule has 1 N–H and O–H groups in total. The maximum atomic E-state index is 3.98. The molecule has 0 aliphatic heterocycles. The Labute approximate surface area is 112 Å². The zero-order chi connectivity index (χ0) is 12.8. The Hall–Kier alpha value is -0.680. The van der Waals surface area contributed by atoms with E-state index in [1.165, 1.54) is 5.57 Å². The number of aryl methyl sites for hydroxylation is 1. The van der Waals surface area contributed by atoms with E-state index >= 15 is 0 Å². The molecule has 1 aromatic heterocycles. The average Bonchev–Trinajstić information content (AvgIpc) is 2.57.